The van der Waals surface area contributed by atoms with Crippen LogP contribution in [0.2, 0.25) is 0 Å². The van der Waals surface area contributed by atoms with E-state index < -0.39 is 0 Å². The van der Waals surface area contributed by atoms with E-state index in [0.29, 0.717) is 0 Å². The topological polar surface area (TPSA) is 17.3 Å². The maximum atomic E-state index is 4.32. The van der Waals surface area contributed by atoms with Crippen LogP contribution >= 0.6 is 15.9 Å². The number of aromatic nitrogens is 2. The van der Waals surface area contributed by atoms with E-state index in [1.165, 1.54) is 11.1 Å². The number of rotatable bonds is 0. The smallest absolute Gasteiger partial charge is 0.0694 e. The van der Waals surface area contributed by atoms with E-state index in [2.05, 4.69) is 40.1 Å². The molecule has 2 aromatic rings. The van der Waals surface area contributed by atoms with E-state index in [1.807, 2.05) is 17.6 Å². The van der Waals surface area contributed by atoms with Crippen molar-refractivity contribution < 1.29 is 0 Å². The molecule has 0 aliphatic carbocycles. The molecule has 0 amide bonds. The summed E-state index contributed by atoms with van der Waals surface area (Å²) in [5, 5.41) is 4.32. The molecule has 12 heavy (non-hydrogen) atoms. The third kappa shape index (κ3) is 1.14. The second kappa shape index (κ2) is 2.59. The Morgan fingerprint density at radius 1 is 1.33 bits per heavy atom. The highest BCUT2D eigenvalue weighted by Gasteiger charge is 2.01. The van der Waals surface area contributed by atoms with Crippen molar-refractivity contribution in [3.05, 3.63) is 34.1 Å². The van der Waals surface area contributed by atoms with Gasteiger partial charge in [-0.2, -0.15) is 5.10 Å². The number of halogens is 1. The maximum absolute atomic E-state index is 4.32. The van der Waals surface area contributed by atoms with Crippen molar-refractivity contribution in [2.75, 3.05) is 0 Å². The quantitative estimate of drug-likeness (QED) is 0.673. The maximum Gasteiger partial charge on any atom is 0.0694 e. The fourth-order valence-corrected chi connectivity index (χ4v) is 1.88. The molecular formula is C9H9BrN2. The highest BCUT2D eigenvalue weighted by atomic mass is 79.9. The minimum Gasteiger partial charge on any atom is -0.239 e. The van der Waals surface area contributed by atoms with Crippen LogP contribution in [0.5, 0.6) is 0 Å². The summed E-state index contributed by atoms with van der Waals surface area (Å²) in [5.41, 5.74) is 3.47. The zero-order chi connectivity index (χ0) is 8.72. The number of aryl methyl sites for hydroxylation is 2. The van der Waals surface area contributed by atoms with Crippen LogP contribution in [-0.4, -0.2) is 9.61 Å². The van der Waals surface area contributed by atoms with Gasteiger partial charge in [-0.1, -0.05) is 0 Å². The van der Waals surface area contributed by atoms with Gasteiger partial charge in [0.05, 0.1) is 11.2 Å². The molecule has 0 aliphatic heterocycles. The Morgan fingerprint density at radius 2 is 2.08 bits per heavy atom. The Labute approximate surface area is 79.3 Å². The van der Waals surface area contributed by atoms with Crippen molar-refractivity contribution >= 4 is 21.4 Å². The Kier molecular flexibility index (Phi) is 1.68. The van der Waals surface area contributed by atoms with E-state index in [4.69, 9.17) is 0 Å². The molecule has 2 heterocycles. The summed E-state index contributed by atoms with van der Waals surface area (Å²) in [7, 11) is 0. The summed E-state index contributed by atoms with van der Waals surface area (Å²) in [6.45, 7) is 4.08. The summed E-state index contributed by atoms with van der Waals surface area (Å²) < 4.78 is 2.96. The Morgan fingerprint density at radius 3 is 2.83 bits per heavy atom. The molecule has 0 aromatic carbocycles. The lowest BCUT2D eigenvalue weighted by molar-refractivity contribution is 0.926. The SMILES string of the molecule is Cc1cc2c(C)cc(Br)cn2n1. The molecule has 0 aliphatic rings. The minimum atomic E-state index is 1.05. The number of hydrogen-bond donors (Lipinski definition) is 0. The van der Waals surface area contributed by atoms with Gasteiger partial charge in [-0.3, -0.25) is 0 Å². The predicted octanol–water partition coefficient (Wildman–Crippen LogP) is 2.71. The van der Waals surface area contributed by atoms with E-state index in [1.54, 1.807) is 0 Å². The first kappa shape index (κ1) is 7.80. The first-order valence-electron chi connectivity index (χ1n) is 3.79. The lowest BCUT2D eigenvalue weighted by Gasteiger charge is -1.97. The van der Waals surface area contributed by atoms with E-state index >= 15 is 0 Å². The molecule has 0 N–H and O–H groups in total. The second-order valence-corrected chi connectivity index (χ2v) is 3.87. The van der Waals surface area contributed by atoms with Crippen LogP contribution in [0.4, 0.5) is 0 Å². The third-order valence-corrected chi connectivity index (χ3v) is 2.30. The van der Waals surface area contributed by atoms with Crippen LogP contribution < -0.4 is 0 Å². The predicted molar refractivity (Wildman–Crippen MR) is 52.4 cm³/mol. The van der Waals surface area contributed by atoms with Gasteiger partial charge < -0.3 is 0 Å². The average molecular weight is 225 g/mol. The van der Waals surface area contributed by atoms with Gasteiger partial charge in [0.15, 0.2) is 0 Å². The van der Waals surface area contributed by atoms with Crippen LogP contribution in [0.1, 0.15) is 11.3 Å². The molecule has 0 bridgehead atoms. The van der Waals surface area contributed by atoms with Gasteiger partial charge in [0.1, 0.15) is 0 Å². The van der Waals surface area contributed by atoms with Crippen LogP contribution in [0, 0.1) is 13.8 Å². The summed E-state index contributed by atoms with van der Waals surface area (Å²) in [6, 6.07) is 4.18. The van der Waals surface area contributed by atoms with Gasteiger partial charge >= 0.3 is 0 Å². The first-order valence-corrected chi connectivity index (χ1v) is 4.58. The van der Waals surface area contributed by atoms with Crippen LogP contribution in [0.15, 0.2) is 22.8 Å². The monoisotopic (exact) mass is 224 g/mol. The third-order valence-electron chi connectivity index (χ3n) is 1.86. The van der Waals surface area contributed by atoms with Crippen molar-refractivity contribution in [3.8, 4) is 0 Å². The van der Waals surface area contributed by atoms with Gasteiger partial charge in [0.25, 0.3) is 0 Å². The zero-order valence-electron chi connectivity index (χ0n) is 7.00. The minimum absolute atomic E-state index is 1.05. The van der Waals surface area contributed by atoms with Crippen LogP contribution in [0.3, 0.4) is 0 Å². The summed E-state index contributed by atoms with van der Waals surface area (Å²) >= 11 is 3.43. The van der Waals surface area contributed by atoms with Crippen LogP contribution in [-0.2, 0) is 0 Å². The molecule has 62 valence electrons. The molecule has 0 fully saturated rings. The number of hydrogen-bond acceptors (Lipinski definition) is 1. The molecule has 0 saturated heterocycles. The largest absolute Gasteiger partial charge is 0.239 e. The van der Waals surface area contributed by atoms with Crippen LogP contribution in [0.25, 0.3) is 5.52 Å². The zero-order valence-corrected chi connectivity index (χ0v) is 8.59. The van der Waals surface area contributed by atoms with Crippen molar-refractivity contribution in [2.45, 2.75) is 13.8 Å². The van der Waals surface area contributed by atoms with E-state index in [9.17, 15) is 0 Å². The fourth-order valence-electron chi connectivity index (χ4n) is 1.34. The van der Waals surface area contributed by atoms with E-state index in [0.717, 1.165) is 10.2 Å². The van der Waals surface area contributed by atoms with Gasteiger partial charge in [-0.15, -0.1) is 0 Å². The fraction of sp³-hybridized carbons (Fsp3) is 0.222. The molecule has 2 aromatic heterocycles. The second-order valence-electron chi connectivity index (χ2n) is 2.96. The molecule has 2 nitrogen and oxygen atoms in total. The number of pyridine rings is 1. The summed E-state index contributed by atoms with van der Waals surface area (Å²) in [6.07, 6.45) is 1.97. The average Bonchev–Trinajstić information content (AvgIpc) is 2.29. The van der Waals surface area contributed by atoms with Crippen molar-refractivity contribution in [1.82, 2.24) is 9.61 Å². The molecule has 0 unspecified atom stereocenters. The Bertz CT molecular complexity index is 431. The molecule has 0 radical (unpaired) electrons. The molecule has 0 spiro atoms. The van der Waals surface area contributed by atoms with Crippen molar-refractivity contribution in [3.63, 3.8) is 0 Å². The lowest BCUT2D eigenvalue weighted by atomic mass is 10.2. The molecular weight excluding hydrogens is 216 g/mol. The normalized spacial score (nSPS) is 10.9. The standard InChI is InChI=1S/C9H9BrN2/c1-6-3-8(10)5-12-9(6)4-7(2)11-12/h3-5H,1-2H3. The molecule has 0 atom stereocenters. The summed E-state index contributed by atoms with van der Waals surface area (Å²) in [4.78, 5) is 0. The Hall–Kier alpha value is -0.830. The van der Waals surface area contributed by atoms with Gasteiger partial charge in [-0.05, 0) is 47.5 Å². The van der Waals surface area contributed by atoms with Crippen molar-refractivity contribution in [1.29, 1.82) is 0 Å². The Balaban J connectivity index is 2.88. The van der Waals surface area contributed by atoms with Gasteiger partial charge in [-0.25, -0.2) is 4.52 Å². The highest BCUT2D eigenvalue weighted by molar-refractivity contribution is 9.10. The van der Waals surface area contributed by atoms with Gasteiger partial charge in [0.2, 0.25) is 0 Å². The number of fused-ring (bicyclic) bond motifs is 1. The van der Waals surface area contributed by atoms with E-state index in [-0.39, 0.29) is 0 Å². The molecule has 3 heteroatoms. The summed E-state index contributed by atoms with van der Waals surface area (Å²) in [5.74, 6) is 0. The number of nitrogens with zero attached hydrogens (tertiary/aromatic N) is 2. The van der Waals surface area contributed by atoms with Crippen molar-refractivity contribution in [2.24, 2.45) is 0 Å². The lowest BCUT2D eigenvalue weighted by Crippen LogP contribution is -1.88. The highest BCUT2D eigenvalue weighted by Crippen LogP contribution is 2.17. The van der Waals surface area contributed by atoms with Gasteiger partial charge in [0, 0.05) is 10.7 Å². The first-order chi connectivity index (χ1) is 5.66. The molecule has 0 saturated carbocycles. The molecule has 2 rings (SSSR count).